The first kappa shape index (κ1) is 25.9. The number of carbonyl (C=O) groups is 2. The van der Waals surface area contributed by atoms with E-state index in [2.05, 4.69) is 29.4 Å². The first-order chi connectivity index (χ1) is 15.2. The third-order valence-electron chi connectivity index (χ3n) is 5.67. The largest absolute Gasteiger partial charge is 0.497 e. The molecule has 32 heavy (non-hydrogen) atoms. The zero-order valence-electron chi connectivity index (χ0n) is 20.3. The summed E-state index contributed by atoms with van der Waals surface area (Å²) in [6.45, 7) is 11.9. The Hall–Kier alpha value is -2.32. The molecule has 1 aliphatic heterocycles. The molecular weight excluding hydrogens is 410 g/mol. The first-order valence-corrected chi connectivity index (χ1v) is 11.4. The minimum atomic E-state index is -0.649. The van der Waals surface area contributed by atoms with Crippen LogP contribution in [0.1, 0.15) is 44.5 Å². The molecule has 8 nitrogen and oxygen atoms in total. The summed E-state index contributed by atoms with van der Waals surface area (Å²) in [5.74, 6) is 0.958. The number of carbonyl (C=O) groups excluding carboxylic acids is 2. The molecule has 2 N–H and O–H groups in total. The molecule has 2 atom stereocenters. The summed E-state index contributed by atoms with van der Waals surface area (Å²) in [6.07, 6.45) is 0.989. The quantitative estimate of drug-likeness (QED) is 0.539. The zero-order chi connectivity index (χ0) is 23.7. The Morgan fingerprint density at radius 1 is 1.03 bits per heavy atom. The van der Waals surface area contributed by atoms with E-state index in [0.29, 0.717) is 29.5 Å². The van der Waals surface area contributed by atoms with Crippen LogP contribution in [0, 0.1) is 11.8 Å². The predicted octanol–water partition coefficient (Wildman–Crippen LogP) is 2.32. The van der Waals surface area contributed by atoms with E-state index in [9.17, 15) is 9.59 Å². The molecule has 1 saturated heterocycles. The highest BCUT2D eigenvalue weighted by molar-refractivity contribution is 5.98. The average molecular weight is 450 g/mol. The Bertz CT molecular complexity index is 725. The van der Waals surface area contributed by atoms with Gasteiger partial charge in [-0.3, -0.25) is 14.5 Å². The highest BCUT2D eigenvalue weighted by Crippen LogP contribution is 2.22. The van der Waals surface area contributed by atoms with Crippen molar-refractivity contribution in [3.05, 3.63) is 23.8 Å². The average Bonchev–Trinajstić information content (AvgIpc) is 2.79. The van der Waals surface area contributed by atoms with Crippen LogP contribution < -0.4 is 20.1 Å². The second-order valence-electron chi connectivity index (χ2n) is 8.97. The second kappa shape index (κ2) is 12.6. The Morgan fingerprint density at radius 3 is 2.12 bits per heavy atom. The van der Waals surface area contributed by atoms with Crippen molar-refractivity contribution in [1.82, 2.24) is 15.5 Å². The fourth-order valence-corrected chi connectivity index (χ4v) is 3.87. The molecule has 2 unspecified atom stereocenters. The lowest BCUT2D eigenvalue weighted by molar-refractivity contribution is -0.124. The van der Waals surface area contributed by atoms with Crippen LogP contribution in [-0.4, -0.2) is 75.9 Å². The molecule has 0 saturated carbocycles. The number of nitrogens with zero attached hydrogens (tertiary/aromatic N) is 1. The summed E-state index contributed by atoms with van der Waals surface area (Å²) >= 11 is 0. The van der Waals surface area contributed by atoms with Crippen molar-refractivity contribution in [1.29, 1.82) is 0 Å². The molecule has 2 rings (SSSR count). The molecule has 0 aromatic heterocycles. The molecule has 1 heterocycles. The lowest BCUT2D eigenvalue weighted by Crippen LogP contribution is -2.54. The van der Waals surface area contributed by atoms with Crippen LogP contribution in [0.5, 0.6) is 11.5 Å². The van der Waals surface area contributed by atoms with Gasteiger partial charge in [0.25, 0.3) is 5.91 Å². The maximum atomic E-state index is 13.1. The van der Waals surface area contributed by atoms with Gasteiger partial charge in [0.1, 0.15) is 17.5 Å². The molecule has 1 aromatic rings. The number of methoxy groups -OCH3 is 2. The van der Waals surface area contributed by atoms with Gasteiger partial charge in [-0.2, -0.15) is 0 Å². The normalized spacial score (nSPS) is 16.5. The summed E-state index contributed by atoms with van der Waals surface area (Å²) in [5.41, 5.74) is 0.380. The van der Waals surface area contributed by atoms with Crippen LogP contribution in [0.25, 0.3) is 0 Å². The van der Waals surface area contributed by atoms with Crippen LogP contribution in [0.4, 0.5) is 0 Å². The van der Waals surface area contributed by atoms with Crippen molar-refractivity contribution in [2.24, 2.45) is 11.8 Å². The maximum Gasteiger partial charge on any atom is 0.252 e. The minimum Gasteiger partial charge on any atom is -0.497 e. The molecule has 2 amide bonds. The molecule has 180 valence electrons. The molecule has 1 aliphatic rings. The Kier molecular flexibility index (Phi) is 10.3. The Morgan fingerprint density at radius 2 is 1.62 bits per heavy atom. The second-order valence-corrected chi connectivity index (χ2v) is 8.97. The number of ether oxygens (including phenoxy) is 3. The van der Waals surface area contributed by atoms with Crippen molar-refractivity contribution < 1.29 is 23.8 Å². The minimum absolute atomic E-state index is 0.0709. The van der Waals surface area contributed by atoms with Crippen molar-refractivity contribution in [2.45, 2.75) is 46.2 Å². The summed E-state index contributed by atoms with van der Waals surface area (Å²) in [5, 5.41) is 5.97. The van der Waals surface area contributed by atoms with Gasteiger partial charge in [0.15, 0.2) is 0 Å². The van der Waals surface area contributed by atoms with Gasteiger partial charge in [0.2, 0.25) is 5.91 Å². The van der Waals surface area contributed by atoms with Gasteiger partial charge in [-0.15, -0.1) is 0 Å². The van der Waals surface area contributed by atoms with E-state index >= 15 is 0 Å². The van der Waals surface area contributed by atoms with Gasteiger partial charge in [-0.05, 0) is 30.4 Å². The summed E-state index contributed by atoms with van der Waals surface area (Å²) in [7, 11) is 3.06. The lowest BCUT2D eigenvalue weighted by Gasteiger charge is -2.36. The Labute approximate surface area is 192 Å². The van der Waals surface area contributed by atoms with Crippen LogP contribution >= 0.6 is 0 Å². The van der Waals surface area contributed by atoms with Gasteiger partial charge < -0.3 is 24.8 Å². The van der Waals surface area contributed by atoms with Gasteiger partial charge in [-0.1, -0.05) is 27.7 Å². The summed E-state index contributed by atoms with van der Waals surface area (Å²) < 4.78 is 16.0. The number of nitrogens with one attached hydrogen (secondary N) is 2. The predicted molar refractivity (Wildman–Crippen MR) is 124 cm³/mol. The van der Waals surface area contributed by atoms with E-state index in [1.54, 1.807) is 18.2 Å². The molecule has 1 aromatic carbocycles. The van der Waals surface area contributed by atoms with Crippen molar-refractivity contribution in [3.63, 3.8) is 0 Å². The molecule has 1 fully saturated rings. The Balaban J connectivity index is 2.05. The van der Waals surface area contributed by atoms with Crippen molar-refractivity contribution in [2.75, 3.05) is 47.1 Å². The van der Waals surface area contributed by atoms with Gasteiger partial charge in [-0.25, -0.2) is 0 Å². The third-order valence-corrected chi connectivity index (χ3v) is 5.67. The number of amides is 2. The van der Waals surface area contributed by atoms with Crippen LogP contribution in [0.3, 0.4) is 0 Å². The summed E-state index contributed by atoms with van der Waals surface area (Å²) in [4.78, 5) is 28.3. The zero-order valence-corrected chi connectivity index (χ0v) is 20.3. The number of hydrogen-bond donors (Lipinski definition) is 2. The van der Waals surface area contributed by atoms with Gasteiger partial charge in [0.05, 0.1) is 27.4 Å². The van der Waals surface area contributed by atoms with E-state index < -0.39 is 6.04 Å². The fourth-order valence-electron chi connectivity index (χ4n) is 3.87. The molecule has 0 bridgehead atoms. The van der Waals surface area contributed by atoms with Gasteiger partial charge in [0, 0.05) is 37.3 Å². The van der Waals surface area contributed by atoms with Crippen LogP contribution in [0.15, 0.2) is 18.2 Å². The SMILES string of the molecule is COc1cc(OC)cc(C(=O)NC(C(=O)NCC(CC(C)C)N2CCOCC2)C(C)C)c1. The number of morpholine rings is 1. The van der Waals surface area contributed by atoms with Crippen LogP contribution in [-0.2, 0) is 9.53 Å². The molecule has 0 radical (unpaired) electrons. The topological polar surface area (TPSA) is 89.1 Å². The van der Waals surface area contributed by atoms with Gasteiger partial charge >= 0.3 is 0 Å². The molecule has 0 aliphatic carbocycles. The van der Waals surface area contributed by atoms with E-state index in [1.165, 1.54) is 14.2 Å². The smallest absolute Gasteiger partial charge is 0.252 e. The van der Waals surface area contributed by atoms with E-state index in [-0.39, 0.29) is 23.8 Å². The highest BCUT2D eigenvalue weighted by atomic mass is 16.5. The summed E-state index contributed by atoms with van der Waals surface area (Å²) in [6, 6.07) is 4.55. The number of rotatable bonds is 11. The number of benzene rings is 1. The van der Waals surface area contributed by atoms with Crippen molar-refractivity contribution >= 4 is 11.8 Å². The third kappa shape index (κ3) is 7.67. The molecular formula is C24H39N3O5. The van der Waals surface area contributed by atoms with E-state index in [0.717, 1.165) is 32.7 Å². The molecule has 0 spiro atoms. The highest BCUT2D eigenvalue weighted by Gasteiger charge is 2.27. The first-order valence-electron chi connectivity index (χ1n) is 11.4. The number of hydrogen-bond acceptors (Lipinski definition) is 6. The van der Waals surface area contributed by atoms with E-state index in [1.807, 2.05) is 13.8 Å². The van der Waals surface area contributed by atoms with Crippen molar-refractivity contribution in [3.8, 4) is 11.5 Å². The van der Waals surface area contributed by atoms with E-state index in [4.69, 9.17) is 14.2 Å². The maximum absolute atomic E-state index is 13.1. The standard InChI is InChI=1S/C24H39N3O5/c1-16(2)11-19(27-7-9-32-10-8-27)15-25-24(29)22(17(3)4)26-23(28)18-12-20(30-5)14-21(13-18)31-6/h12-14,16-17,19,22H,7-11,15H2,1-6H3,(H,25,29)(H,26,28). The monoisotopic (exact) mass is 449 g/mol. The fraction of sp³-hybridized carbons (Fsp3) is 0.667. The molecule has 8 heteroatoms. The lowest BCUT2D eigenvalue weighted by atomic mass is 10.00. The van der Waals surface area contributed by atoms with Crippen LogP contribution in [0.2, 0.25) is 0 Å².